The number of hydrogen-bond donors (Lipinski definition) is 2. The molecule has 0 spiro atoms. The Morgan fingerprint density at radius 2 is 2.16 bits per heavy atom. The van der Waals surface area contributed by atoms with Gasteiger partial charge in [0.05, 0.1) is 22.9 Å². The highest BCUT2D eigenvalue weighted by Crippen LogP contribution is 2.33. The van der Waals surface area contributed by atoms with Gasteiger partial charge >= 0.3 is 0 Å². The molecule has 25 heavy (non-hydrogen) atoms. The summed E-state index contributed by atoms with van der Waals surface area (Å²) in [5, 5.41) is 6.68. The molecule has 4 rings (SSSR count). The van der Waals surface area contributed by atoms with Crippen molar-refractivity contribution in [1.29, 1.82) is 0 Å². The van der Waals surface area contributed by atoms with Crippen LogP contribution < -0.4 is 5.32 Å². The summed E-state index contributed by atoms with van der Waals surface area (Å²) in [5.41, 5.74) is 3.30. The average molecular weight is 378 g/mol. The van der Waals surface area contributed by atoms with Crippen LogP contribution in [0.3, 0.4) is 0 Å². The molecule has 1 aromatic heterocycles. The van der Waals surface area contributed by atoms with E-state index in [4.69, 9.17) is 21.3 Å². The number of ether oxygens (including phenoxy) is 1. The fourth-order valence-electron chi connectivity index (χ4n) is 3.54. The molecule has 1 fully saturated rings. The summed E-state index contributed by atoms with van der Waals surface area (Å²) >= 11 is 8.21. The second-order valence-electron chi connectivity index (χ2n) is 6.82. The Bertz CT molecular complexity index is 782. The Labute approximate surface area is 157 Å². The van der Waals surface area contributed by atoms with Crippen LogP contribution in [0.5, 0.6) is 0 Å². The van der Waals surface area contributed by atoms with E-state index in [-0.39, 0.29) is 0 Å². The maximum absolute atomic E-state index is 6.36. The molecule has 0 radical (unpaired) electrons. The predicted octanol–water partition coefficient (Wildman–Crippen LogP) is 5.07. The van der Waals surface area contributed by atoms with E-state index >= 15 is 0 Å². The van der Waals surface area contributed by atoms with Gasteiger partial charge in [-0.3, -0.25) is 4.99 Å². The molecule has 2 aliphatic rings. The van der Waals surface area contributed by atoms with Crippen molar-refractivity contribution in [2.24, 2.45) is 4.99 Å². The Kier molecular flexibility index (Phi) is 5.25. The van der Waals surface area contributed by atoms with E-state index in [9.17, 15) is 0 Å². The van der Waals surface area contributed by atoms with E-state index in [1.54, 1.807) is 0 Å². The summed E-state index contributed by atoms with van der Waals surface area (Å²) in [6, 6.07) is 7.12. The maximum Gasteiger partial charge on any atom is 0.114 e. The lowest BCUT2D eigenvalue weighted by molar-refractivity contribution is 0.0905. The molecule has 2 N–H and O–H groups in total. The normalized spacial score (nSPS) is 21.7. The summed E-state index contributed by atoms with van der Waals surface area (Å²) in [7, 11) is 0. The molecule has 134 valence electrons. The van der Waals surface area contributed by atoms with Gasteiger partial charge in [0, 0.05) is 35.4 Å². The minimum Gasteiger partial charge on any atom is -0.381 e. The molecule has 0 saturated carbocycles. The Morgan fingerprint density at radius 1 is 1.32 bits per heavy atom. The van der Waals surface area contributed by atoms with Crippen LogP contribution in [0.4, 0.5) is 5.69 Å². The lowest BCUT2D eigenvalue weighted by Crippen LogP contribution is -2.27. The standard InChI is InChI=1S/C19H24ClN3OS/c1-2-3-15-11-25-19(22-15)17-9-12-8-13(20)10-16(18(12)23-17)21-14-4-6-24-7-5-14/h8-10,14-15,21,23H,2-7,11H2,1H3. The zero-order chi connectivity index (χ0) is 17.2. The number of aromatic nitrogens is 1. The second-order valence-corrected chi connectivity index (χ2v) is 8.26. The lowest BCUT2D eigenvalue weighted by Gasteiger charge is -2.24. The first-order chi connectivity index (χ1) is 12.2. The smallest absolute Gasteiger partial charge is 0.114 e. The summed E-state index contributed by atoms with van der Waals surface area (Å²) in [6.07, 6.45) is 4.41. The summed E-state index contributed by atoms with van der Waals surface area (Å²) in [5.74, 6) is 1.09. The zero-order valence-electron chi connectivity index (χ0n) is 14.5. The van der Waals surface area contributed by atoms with Gasteiger partial charge in [0.1, 0.15) is 5.04 Å². The largest absolute Gasteiger partial charge is 0.381 e. The first kappa shape index (κ1) is 17.3. The third kappa shape index (κ3) is 3.83. The summed E-state index contributed by atoms with van der Waals surface area (Å²) < 4.78 is 5.46. The van der Waals surface area contributed by atoms with E-state index in [0.29, 0.717) is 12.1 Å². The molecule has 4 nitrogen and oxygen atoms in total. The van der Waals surface area contributed by atoms with Crippen LogP contribution in [0.1, 0.15) is 38.3 Å². The van der Waals surface area contributed by atoms with E-state index < -0.39 is 0 Å². The Balaban J connectivity index is 1.63. The second kappa shape index (κ2) is 7.60. The first-order valence-corrected chi connectivity index (χ1v) is 10.5. The number of benzene rings is 1. The van der Waals surface area contributed by atoms with Gasteiger partial charge in [-0.15, -0.1) is 11.8 Å². The molecule has 3 heterocycles. The first-order valence-electron chi connectivity index (χ1n) is 9.10. The van der Waals surface area contributed by atoms with Crippen LogP contribution in [0.15, 0.2) is 23.2 Å². The van der Waals surface area contributed by atoms with Crippen LogP contribution in [-0.2, 0) is 4.74 Å². The van der Waals surface area contributed by atoms with E-state index in [1.807, 2.05) is 23.9 Å². The van der Waals surface area contributed by atoms with Gasteiger partial charge in [-0.1, -0.05) is 24.9 Å². The van der Waals surface area contributed by atoms with Gasteiger partial charge < -0.3 is 15.0 Å². The minimum absolute atomic E-state index is 0.439. The van der Waals surface area contributed by atoms with Crippen molar-refractivity contribution in [3.63, 3.8) is 0 Å². The van der Waals surface area contributed by atoms with Crippen molar-refractivity contribution in [3.8, 4) is 0 Å². The number of nitrogens with zero attached hydrogens (tertiary/aromatic N) is 1. The van der Waals surface area contributed by atoms with Crippen molar-refractivity contribution in [1.82, 2.24) is 4.98 Å². The fourth-order valence-corrected chi connectivity index (χ4v) is 4.85. The van der Waals surface area contributed by atoms with E-state index in [1.165, 1.54) is 12.8 Å². The molecule has 1 saturated heterocycles. The van der Waals surface area contributed by atoms with E-state index in [2.05, 4.69) is 23.3 Å². The molecular weight excluding hydrogens is 354 g/mol. The SMILES string of the molecule is CCCC1CSC(c2cc3cc(Cl)cc(NC4CCOCC4)c3[nH]2)=N1. The van der Waals surface area contributed by atoms with Gasteiger partial charge in [-0.05, 0) is 37.5 Å². The number of rotatable bonds is 5. The number of aromatic amines is 1. The third-order valence-electron chi connectivity index (χ3n) is 4.84. The predicted molar refractivity (Wildman–Crippen MR) is 108 cm³/mol. The van der Waals surface area contributed by atoms with Crippen LogP contribution in [-0.4, -0.2) is 41.1 Å². The van der Waals surface area contributed by atoms with Crippen LogP contribution in [0, 0.1) is 0 Å². The van der Waals surface area contributed by atoms with Crippen LogP contribution >= 0.6 is 23.4 Å². The number of anilines is 1. The van der Waals surface area contributed by atoms with Gasteiger partial charge in [0.15, 0.2) is 0 Å². The Hall–Kier alpha value is -1.17. The molecule has 1 unspecified atom stereocenters. The molecule has 6 heteroatoms. The van der Waals surface area contributed by atoms with Crippen molar-refractivity contribution in [2.45, 2.75) is 44.7 Å². The third-order valence-corrected chi connectivity index (χ3v) is 6.21. The van der Waals surface area contributed by atoms with Gasteiger partial charge in [-0.25, -0.2) is 0 Å². The highest BCUT2D eigenvalue weighted by atomic mass is 35.5. The highest BCUT2D eigenvalue weighted by Gasteiger charge is 2.21. The number of H-pyrrole nitrogens is 1. The quantitative estimate of drug-likeness (QED) is 0.764. The number of fused-ring (bicyclic) bond motifs is 1. The molecule has 0 amide bonds. The number of halogens is 1. The van der Waals surface area contributed by atoms with Crippen LogP contribution in [0.25, 0.3) is 10.9 Å². The van der Waals surface area contributed by atoms with E-state index in [0.717, 1.165) is 64.2 Å². The van der Waals surface area contributed by atoms with Crippen molar-refractivity contribution in [3.05, 3.63) is 28.9 Å². The number of hydrogen-bond acceptors (Lipinski definition) is 4. The maximum atomic E-state index is 6.36. The highest BCUT2D eigenvalue weighted by molar-refractivity contribution is 8.14. The topological polar surface area (TPSA) is 49.4 Å². The van der Waals surface area contributed by atoms with Gasteiger partial charge in [-0.2, -0.15) is 0 Å². The molecule has 1 aromatic carbocycles. The van der Waals surface area contributed by atoms with Crippen molar-refractivity contribution in [2.75, 3.05) is 24.3 Å². The molecule has 0 aliphatic carbocycles. The minimum atomic E-state index is 0.439. The fraction of sp³-hybridized carbons (Fsp3) is 0.526. The molecule has 0 bridgehead atoms. The summed E-state index contributed by atoms with van der Waals surface area (Å²) in [6.45, 7) is 3.87. The number of nitrogens with one attached hydrogen (secondary N) is 2. The zero-order valence-corrected chi connectivity index (χ0v) is 16.1. The Morgan fingerprint density at radius 3 is 2.96 bits per heavy atom. The molecule has 2 aliphatic heterocycles. The monoisotopic (exact) mass is 377 g/mol. The summed E-state index contributed by atoms with van der Waals surface area (Å²) in [4.78, 5) is 8.47. The number of thioether (sulfide) groups is 1. The van der Waals surface area contributed by atoms with Crippen molar-refractivity contribution < 1.29 is 4.74 Å². The lowest BCUT2D eigenvalue weighted by atomic mass is 10.1. The van der Waals surface area contributed by atoms with Crippen LogP contribution in [0.2, 0.25) is 5.02 Å². The van der Waals surface area contributed by atoms with Gasteiger partial charge in [0.25, 0.3) is 0 Å². The number of aliphatic imine (C=N–C) groups is 1. The molecule has 1 atom stereocenters. The van der Waals surface area contributed by atoms with Crippen molar-refractivity contribution >= 4 is 45.0 Å². The molecular formula is C19H24ClN3OS. The van der Waals surface area contributed by atoms with Gasteiger partial charge in [0.2, 0.25) is 0 Å². The average Bonchev–Trinajstić information content (AvgIpc) is 3.23. The molecule has 2 aromatic rings.